The van der Waals surface area contributed by atoms with Crippen LogP contribution in [-0.2, 0) is 0 Å². The smallest absolute Gasteiger partial charge is 0.0947 e. The Kier molecular flexibility index (Phi) is 3.23. The Morgan fingerprint density at radius 1 is 0.842 bits per heavy atom. The van der Waals surface area contributed by atoms with Crippen molar-refractivity contribution in [2.75, 3.05) is 11.6 Å². The summed E-state index contributed by atoms with van der Waals surface area (Å²) in [5.41, 5.74) is 2.59. The van der Waals surface area contributed by atoms with Gasteiger partial charge in [-0.2, -0.15) is 0 Å². The lowest BCUT2D eigenvalue weighted by Crippen LogP contribution is -2.27. The largest absolute Gasteiger partial charge is 0.352 e. The number of anilines is 1. The molecule has 2 nitrogen and oxygen atoms in total. The number of hydrogen-bond donors (Lipinski definition) is 0. The van der Waals surface area contributed by atoms with Crippen molar-refractivity contribution in [3.8, 4) is 0 Å². The van der Waals surface area contributed by atoms with Crippen LogP contribution in [0.2, 0.25) is 0 Å². The Bertz CT molecular complexity index is 548. The Morgan fingerprint density at radius 3 is 2.16 bits per heavy atom. The van der Waals surface area contributed by atoms with E-state index in [2.05, 4.69) is 83.7 Å². The fourth-order valence-electron chi connectivity index (χ4n) is 2.40. The van der Waals surface area contributed by atoms with Crippen LogP contribution in [0.15, 0.2) is 73.1 Å². The van der Waals surface area contributed by atoms with Gasteiger partial charge in [0.15, 0.2) is 0 Å². The molecule has 0 saturated heterocycles. The van der Waals surface area contributed by atoms with Gasteiger partial charge in [0.2, 0.25) is 0 Å². The lowest BCUT2D eigenvalue weighted by atomic mass is 10.1. The van der Waals surface area contributed by atoms with Crippen LogP contribution in [0, 0.1) is 0 Å². The Morgan fingerprint density at radius 2 is 1.47 bits per heavy atom. The molecule has 1 atom stereocenters. The number of rotatable bonds is 3. The third kappa shape index (κ3) is 2.48. The summed E-state index contributed by atoms with van der Waals surface area (Å²) in [7, 11) is 0. The van der Waals surface area contributed by atoms with Crippen LogP contribution in [0.5, 0.6) is 0 Å². The van der Waals surface area contributed by atoms with Gasteiger partial charge in [-0.05, 0) is 24.6 Å². The monoisotopic (exact) mass is 250 g/mol. The van der Waals surface area contributed by atoms with E-state index in [4.69, 9.17) is 0 Å². The van der Waals surface area contributed by atoms with Gasteiger partial charge >= 0.3 is 0 Å². The van der Waals surface area contributed by atoms with Gasteiger partial charge in [0.1, 0.15) is 0 Å². The summed E-state index contributed by atoms with van der Waals surface area (Å²) in [6.07, 6.45) is 4.32. The summed E-state index contributed by atoms with van der Waals surface area (Å²) in [5, 5.41) is 0. The predicted molar refractivity (Wildman–Crippen MR) is 79.6 cm³/mol. The summed E-state index contributed by atoms with van der Waals surface area (Å²) >= 11 is 0. The van der Waals surface area contributed by atoms with Gasteiger partial charge in [0.05, 0.1) is 12.7 Å². The zero-order chi connectivity index (χ0) is 13.1. The second-order valence-corrected chi connectivity index (χ2v) is 4.85. The molecule has 0 amide bonds. The molecule has 0 radical (unpaired) electrons. The van der Waals surface area contributed by atoms with E-state index >= 15 is 0 Å². The zero-order valence-corrected chi connectivity index (χ0v) is 11.1. The van der Waals surface area contributed by atoms with Crippen LogP contribution in [-0.4, -0.2) is 11.6 Å². The minimum atomic E-state index is 0.395. The molecule has 19 heavy (non-hydrogen) atoms. The first-order chi connectivity index (χ1) is 9.34. The molecule has 1 heterocycles. The summed E-state index contributed by atoms with van der Waals surface area (Å²) < 4.78 is 0. The topological polar surface area (TPSA) is 6.48 Å². The first-order valence-corrected chi connectivity index (χ1v) is 6.65. The molecule has 0 spiro atoms. The van der Waals surface area contributed by atoms with Crippen molar-refractivity contribution in [3.05, 3.63) is 78.6 Å². The Balaban J connectivity index is 1.72. The van der Waals surface area contributed by atoms with E-state index < -0.39 is 0 Å². The van der Waals surface area contributed by atoms with Gasteiger partial charge in [-0.1, -0.05) is 48.5 Å². The molecule has 0 fully saturated rings. The molecule has 3 rings (SSSR count). The highest BCUT2D eigenvalue weighted by Crippen LogP contribution is 2.26. The number of nitrogens with zero attached hydrogens (tertiary/aromatic N) is 2. The molecule has 1 aliphatic heterocycles. The predicted octanol–water partition coefficient (Wildman–Crippen LogP) is 4.00. The van der Waals surface area contributed by atoms with E-state index in [1.807, 2.05) is 6.07 Å². The van der Waals surface area contributed by atoms with Gasteiger partial charge in [-0.15, -0.1) is 0 Å². The van der Waals surface area contributed by atoms with Gasteiger partial charge in [0, 0.05) is 18.1 Å². The van der Waals surface area contributed by atoms with Crippen LogP contribution in [0.3, 0.4) is 0 Å². The minimum Gasteiger partial charge on any atom is -0.352 e. The maximum absolute atomic E-state index is 2.35. The normalized spacial score (nSPS) is 15.8. The molecule has 0 bridgehead atoms. The van der Waals surface area contributed by atoms with Crippen molar-refractivity contribution in [3.63, 3.8) is 0 Å². The lowest BCUT2D eigenvalue weighted by molar-refractivity contribution is 0.322. The van der Waals surface area contributed by atoms with E-state index in [0.717, 1.165) is 6.67 Å². The van der Waals surface area contributed by atoms with E-state index in [1.165, 1.54) is 11.3 Å². The second kappa shape index (κ2) is 5.19. The maximum atomic E-state index is 2.35. The van der Waals surface area contributed by atoms with Crippen molar-refractivity contribution in [1.82, 2.24) is 4.90 Å². The van der Waals surface area contributed by atoms with E-state index in [0.29, 0.717) is 6.04 Å². The van der Waals surface area contributed by atoms with E-state index in [-0.39, 0.29) is 0 Å². The summed E-state index contributed by atoms with van der Waals surface area (Å²) in [6.45, 7) is 3.15. The Hall–Kier alpha value is -2.22. The van der Waals surface area contributed by atoms with Crippen molar-refractivity contribution < 1.29 is 0 Å². The van der Waals surface area contributed by atoms with Crippen molar-refractivity contribution in [2.45, 2.75) is 13.0 Å². The van der Waals surface area contributed by atoms with E-state index in [9.17, 15) is 0 Å². The first-order valence-electron chi connectivity index (χ1n) is 6.65. The highest BCUT2D eigenvalue weighted by molar-refractivity contribution is 5.50. The highest BCUT2D eigenvalue weighted by Gasteiger charge is 2.19. The van der Waals surface area contributed by atoms with Crippen molar-refractivity contribution >= 4 is 5.69 Å². The van der Waals surface area contributed by atoms with E-state index in [1.54, 1.807) is 0 Å². The molecule has 2 aromatic carbocycles. The molecule has 0 N–H and O–H groups in total. The summed E-state index contributed by atoms with van der Waals surface area (Å²) in [6, 6.07) is 21.5. The molecule has 2 heteroatoms. The number of hydrogen-bond acceptors (Lipinski definition) is 2. The molecule has 0 aromatic heterocycles. The van der Waals surface area contributed by atoms with Crippen LogP contribution in [0.4, 0.5) is 5.69 Å². The first kappa shape index (κ1) is 11.8. The molecule has 1 unspecified atom stereocenters. The molecular weight excluding hydrogens is 232 g/mol. The number of para-hydroxylation sites is 1. The van der Waals surface area contributed by atoms with Gasteiger partial charge in [-0.3, -0.25) is 0 Å². The van der Waals surface area contributed by atoms with Gasteiger partial charge < -0.3 is 9.80 Å². The fraction of sp³-hybridized carbons (Fsp3) is 0.176. The van der Waals surface area contributed by atoms with Crippen LogP contribution in [0.25, 0.3) is 0 Å². The zero-order valence-electron chi connectivity index (χ0n) is 11.1. The van der Waals surface area contributed by atoms with Crippen LogP contribution in [0.1, 0.15) is 18.5 Å². The molecule has 1 aliphatic rings. The van der Waals surface area contributed by atoms with Crippen molar-refractivity contribution in [1.29, 1.82) is 0 Å². The van der Waals surface area contributed by atoms with Gasteiger partial charge in [-0.25, -0.2) is 0 Å². The third-order valence-electron chi connectivity index (χ3n) is 3.62. The quantitative estimate of drug-likeness (QED) is 0.812. The fourth-order valence-corrected chi connectivity index (χ4v) is 2.40. The summed E-state index contributed by atoms with van der Waals surface area (Å²) in [5.74, 6) is 0. The number of benzene rings is 2. The standard InChI is InChI=1S/C17H18N2/c1-15(16-8-4-2-5-9-16)18-12-13-19(14-18)17-10-6-3-7-11-17/h2-13,15H,14H2,1H3. The summed E-state index contributed by atoms with van der Waals surface area (Å²) in [4.78, 5) is 4.61. The average molecular weight is 250 g/mol. The molecule has 2 aromatic rings. The SMILES string of the molecule is CC(c1ccccc1)N1C=CN(c2ccccc2)C1. The lowest BCUT2D eigenvalue weighted by Gasteiger charge is -2.27. The maximum Gasteiger partial charge on any atom is 0.0947 e. The third-order valence-corrected chi connectivity index (χ3v) is 3.62. The second-order valence-electron chi connectivity index (χ2n) is 4.85. The van der Waals surface area contributed by atoms with Gasteiger partial charge in [0.25, 0.3) is 0 Å². The molecular formula is C17H18N2. The molecule has 0 aliphatic carbocycles. The highest BCUT2D eigenvalue weighted by atomic mass is 15.3. The average Bonchev–Trinajstić information content (AvgIpc) is 2.98. The minimum absolute atomic E-state index is 0.395. The molecule has 96 valence electrons. The Labute approximate surface area is 114 Å². The van der Waals surface area contributed by atoms with Crippen LogP contribution >= 0.6 is 0 Å². The van der Waals surface area contributed by atoms with Crippen molar-refractivity contribution in [2.24, 2.45) is 0 Å². The molecule has 0 saturated carbocycles. The van der Waals surface area contributed by atoms with Crippen LogP contribution < -0.4 is 4.90 Å².